The fourth-order valence-corrected chi connectivity index (χ4v) is 12.7. The van der Waals surface area contributed by atoms with E-state index < -0.39 is 97.5 Å². The number of ether oxygens (including phenoxy) is 4. The van der Waals surface area contributed by atoms with Crippen LogP contribution in [-0.4, -0.2) is 96.7 Å². The van der Waals surface area contributed by atoms with Gasteiger partial charge in [-0.2, -0.15) is 0 Å². The van der Waals surface area contributed by atoms with Crippen LogP contribution >= 0.6 is 15.6 Å². The SMILES string of the molecule is CCCCCC/C=C\CCCCCCCCCC(=O)OC[C@H](COP(=O)(O)OC[C@@H](O)COP(=O)(O)OC[C@@H](COC(=O)CCCCCCC/C=C\CCCCCC)OC(=O)CCCCCCCCC/C=C\CCCCCC)OC(=O)CCCCCCC/C=C\CCCCCCCC. The zero-order chi connectivity index (χ0) is 71.8. The molecule has 0 fully saturated rings. The molecule has 19 heteroatoms. The summed E-state index contributed by atoms with van der Waals surface area (Å²) in [6.45, 7) is 4.88. The van der Waals surface area contributed by atoms with E-state index in [0.717, 1.165) is 167 Å². The van der Waals surface area contributed by atoms with Gasteiger partial charge in [-0.1, -0.05) is 269 Å². The fourth-order valence-electron chi connectivity index (χ4n) is 11.1. The molecule has 0 saturated carbocycles. The van der Waals surface area contributed by atoms with E-state index in [-0.39, 0.29) is 25.7 Å². The number of hydrogen-bond acceptors (Lipinski definition) is 15. The number of aliphatic hydroxyl groups is 1. The van der Waals surface area contributed by atoms with Crippen LogP contribution in [0.3, 0.4) is 0 Å². The van der Waals surface area contributed by atoms with Crippen LogP contribution in [0.2, 0.25) is 0 Å². The molecule has 3 N–H and O–H groups in total. The highest BCUT2D eigenvalue weighted by molar-refractivity contribution is 7.47. The zero-order valence-electron chi connectivity index (χ0n) is 62.7. The smallest absolute Gasteiger partial charge is 0.462 e. The van der Waals surface area contributed by atoms with Gasteiger partial charge in [-0.05, 0) is 128 Å². The van der Waals surface area contributed by atoms with Gasteiger partial charge >= 0.3 is 39.5 Å². The molecule has 0 aromatic carbocycles. The number of carbonyl (C=O) groups excluding carboxylic acids is 4. The number of aliphatic hydroxyl groups excluding tert-OH is 1. The number of esters is 4. The van der Waals surface area contributed by atoms with Crippen molar-refractivity contribution in [1.29, 1.82) is 0 Å². The van der Waals surface area contributed by atoms with E-state index in [2.05, 4.69) is 76.3 Å². The van der Waals surface area contributed by atoms with Crippen LogP contribution in [0, 0.1) is 0 Å². The number of carbonyl (C=O) groups is 4. The highest BCUT2D eigenvalue weighted by Gasteiger charge is 2.30. The summed E-state index contributed by atoms with van der Waals surface area (Å²) in [5.74, 6) is -2.17. The van der Waals surface area contributed by atoms with Crippen molar-refractivity contribution in [3.63, 3.8) is 0 Å². The molecule has 0 aliphatic carbocycles. The Bertz CT molecular complexity index is 2050. The van der Waals surface area contributed by atoms with Crippen molar-refractivity contribution in [3.05, 3.63) is 48.6 Å². The largest absolute Gasteiger partial charge is 0.472 e. The summed E-state index contributed by atoms with van der Waals surface area (Å²) in [4.78, 5) is 72.9. The molecule has 574 valence electrons. The molecular formula is C79H146O17P2. The lowest BCUT2D eigenvalue weighted by Crippen LogP contribution is -2.30. The molecule has 0 bridgehead atoms. The lowest BCUT2D eigenvalue weighted by Gasteiger charge is -2.21. The van der Waals surface area contributed by atoms with E-state index in [0.29, 0.717) is 25.7 Å². The molecule has 17 nitrogen and oxygen atoms in total. The van der Waals surface area contributed by atoms with Crippen molar-refractivity contribution < 1.29 is 80.2 Å². The van der Waals surface area contributed by atoms with Crippen LogP contribution in [0.4, 0.5) is 0 Å². The maximum absolute atomic E-state index is 13.1. The van der Waals surface area contributed by atoms with Gasteiger partial charge < -0.3 is 33.8 Å². The Balaban J connectivity index is 5.33. The predicted molar refractivity (Wildman–Crippen MR) is 400 cm³/mol. The molecule has 0 aliphatic rings. The summed E-state index contributed by atoms with van der Waals surface area (Å²) in [6, 6.07) is 0. The normalized spacial score (nSPS) is 14.2. The maximum atomic E-state index is 13.1. The van der Waals surface area contributed by atoms with E-state index in [1.165, 1.54) is 128 Å². The van der Waals surface area contributed by atoms with Crippen LogP contribution in [0.25, 0.3) is 0 Å². The van der Waals surface area contributed by atoms with Crippen molar-refractivity contribution in [1.82, 2.24) is 0 Å². The molecular weight excluding hydrogens is 1280 g/mol. The Morgan fingerprint density at radius 1 is 0.276 bits per heavy atom. The third-order valence-electron chi connectivity index (χ3n) is 17.2. The van der Waals surface area contributed by atoms with Gasteiger partial charge in [0.25, 0.3) is 0 Å². The summed E-state index contributed by atoms with van der Waals surface area (Å²) in [5, 5.41) is 10.6. The topological polar surface area (TPSA) is 237 Å². The minimum absolute atomic E-state index is 0.0895. The minimum atomic E-state index is -4.97. The van der Waals surface area contributed by atoms with Gasteiger partial charge in [0.1, 0.15) is 19.3 Å². The number of hydrogen-bond donors (Lipinski definition) is 3. The molecule has 0 amide bonds. The Morgan fingerprint density at radius 2 is 0.469 bits per heavy atom. The lowest BCUT2D eigenvalue weighted by molar-refractivity contribution is -0.161. The number of unbranched alkanes of at least 4 members (excludes halogenated alkanes) is 42. The Morgan fingerprint density at radius 3 is 0.714 bits per heavy atom. The van der Waals surface area contributed by atoms with E-state index in [9.17, 15) is 43.2 Å². The van der Waals surface area contributed by atoms with Crippen LogP contribution in [0.5, 0.6) is 0 Å². The molecule has 0 aliphatic heterocycles. The molecule has 98 heavy (non-hydrogen) atoms. The second-order valence-corrected chi connectivity index (χ2v) is 29.9. The number of phosphoric acid groups is 2. The first kappa shape index (κ1) is 95.0. The quantitative estimate of drug-likeness (QED) is 0.0169. The molecule has 5 atom stereocenters. The van der Waals surface area contributed by atoms with E-state index in [4.69, 9.17) is 37.0 Å². The molecule has 0 saturated heterocycles. The maximum Gasteiger partial charge on any atom is 0.472 e. The van der Waals surface area contributed by atoms with Crippen molar-refractivity contribution in [2.75, 3.05) is 39.6 Å². The Labute approximate surface area is 597 Å². The minimum Gasteiger partial charge on any atom is -0.462 e. The van der Waals surface area contributed by atoms with Gasteiger partial charge in [-0.15, -0.1) is 0 Å². The standard InChI is InChI=1S/C79H146O17P2/c1-5-9-13-17-21-25-29-33-36-40-44-48-52-56-60-64-77(82)90-70-75(96-79(84)66-62-58-54-50-46-42-38-35-31-27-23-19-15-11-7-3)72-94-98(87,88)92-68-73(80)67-91-97(85,86)93-71-74(69-89-76(81)63-59-55-51-47-43-39-32-28-24-20-16-12-8-4)95-78(83)65-61-57-53-49-45-41-37-34-30-26-22-18-14-10-6-2/h25-26,28-30,32,35,38,73-75,80H,5-24,27,31,33-34,36-37,39-72H2,1-4H3,(H,85,86)(H,87,88)/b29-25-,30-26-,32-28-,38-35-/t73-,74+,75+/m0/s1. The van der Waals surface area contributed by atoms with Crippen molar-refractivity contribution in [2.24, 2.45) is 0 Å². The van der Waals surface area contributed by atoms with Gasteiger partial charge in [0.2, 0.25) is 0 Å². The van der Waals surface area contributed by atoms with Gasteiger partial charge in [0.15, 0.2) is 12.2 Å². The Hall–Kier alpha value is -2.98. The number of phosphoric ester groups is 2. The van der Waals surface area contributed by atoms with Crippen LogP contribution in [-0.2, 0) is 65.4 Å². The highest BCUT2D eigenvalue weighted by Crippen LogP contribution is 2.45. The van der Waals surface area contributed by atoms with Crippen molar-refractivity contribution in [2.45, 2.75) is 393 Å². The van der Waals surface area contributed by atoms with Gasteiger partial charge in [-0.25, -0.2) is 9.13 Å². The molecule has 0 aromatic rings. The van der Waals surface area contributed by atoms with Gasteiger partial charge in [0, 0.05) is 25.7 Å². The highest BCUT2D eigenvalue weighted by atomic mass is 31.2. The monoisotopic (exact) mass is 1430 g/mol. The molecule has 2 unspecified atom stereocenters. The average Bonchev–Trinajstić information content (AvgIpc) is 1.04. The summed E-state index contributed by atoms with van der Waals surface area (Å²) in [6.07, 6.45) is 69.4. The molecule has 0 radical (unpaired) electrons. The van der Waals surface area contributed by atoms with E-state index in [1.807, 2.05) is 0 Å². The van der Waals surface area contributed by atoms with Crippen LogP contribution in [0.15, 0.2) is 48.6 Å². The van der Waals surface area contributed by atoms with E-state index >= 15 is 0 Å². The molecule has 0 rings (SSSR count). The number of rotatable bonds is 76. The van der Waals surface area contributed by atoms with Crippen molar-refractivity contribution in [3.8, 4) is 0 Å². The van der Waals surface area contributed by atoms with Gasteiger partial charge in [-0.3, -0.25) is 37.3 Å². The summed E-state index contributed by atoms with van der Waals surface area (Å²) in [5.41, 5.74) is 0. The first-order valence-corrected chi connectivity index (χ1v) is 42.9. The Kier molecular flexibility index (Phi) is 70.2. The molecule has 0 spiro atoms. The summed E-state index contributed by atoms with van der Waals surface area (Å²) < 4.78 is 68.6. The second-order valence-electron chi connectivity index (χ2n) is 27.0. The zero-order valence-corrected chi connectivity index (χ0v) is 64.5. The lowest BCUT2D eigenvalue weighted by atomic mass is 10.1. The second kappa shape index (κ2) is 72.4. The van der Waals surface area contributed by atoms with E-state index in [1.54, 1.807) is 0 Å². The summed E-state index contributed by atoms with van der Waals surface area (Å²) >= 11 is 0. The first-order chi connectivity index (χ1) is 47.7. The van der Waals surface area contributed by atoms with Crippen LogP contribution < -0.4 is 0 Å². The average molecular weight is 1430 g/mol. The third-order valence-corrected chi connectivity index (χ3v) is 19.1. The fraction of sp³-hybridized carbons (Fsp3) is 0.848. The molecule has 0 aromatic heterocycles. The first-order valence-electron chi connectivity index (χ1n) is 39.9. The number of allylic oxidation sites excluding steroid dienone is 8. The van der Waals surface area contributed by atoms with Crippen LogP contribution in [0.1, 0.15) is 374 Å². The predicted octanol–water partition coefficient (Wildman–Crippen LogP) is 22.9. The molecule has 0 heterocycles. The van der Waals surface area contributed by atoms with Gasteiger partial charge in [0.05, 0.1) is 26.4 Å². The van der Waals surface area contributed by atoms with Crippen molar-refractivity contribution >= 4 is 39.5 Å². The third kappa shape index (κ3) is 71.4. The summed E-state index contributed by atoms with van der Waals surface area (Å²) in [7, 11) is -9.94.